The van der Waals surface area contributed by atoms with Crippen LogP contribution in [0.2, 0.25) is 5.02 Å². The lowest BCUT2D eigenvalue weighted by Crippen LogP contribution is -2.31. The van der Waals surface area contributed by atoms with E-state index in [2.05, 4.69) is 10.6 Å². The molecule has 1 aromatic carbocycles. The number of halogens is 1. The Balaban J connectivity index is 1.70. The van der Waals surface area contributed by atoms with Crippen LogP contribution < -0.4 is 10.6 Å². The van der Waals surface area contributed by atoms with Crippen LogP contribution in [0, 0.1) is 11.3 Å². The van der Waals surface area contributed by atoms with E-state index in [1.54, 1.807) is 32.3 Å². The zero-order chi connectivity index (χ0) is 16.6. The van der Waals surface area contributed by atoms with Crippen molar-refractivity contribution in [1.82, 2.24) is 10.2 Å². The van der Waals surface area contributed by atoms with Crippen LogP contribution >= 0.6 is 11.6 Å². The summed E-state index contributed by atoms with van der Waals surface area (Å²) in [4.78, 5) is 26.1. The smallest absolute Gasteiger partial charge is 0.254 e. The molecule has 1 unspecified atom stereocenters. The Kier molecular flexibility index (Phi) is 4.34. The van der Waals surface area contributed by atoms with E-state index < -0.39 is 0 Å². The summed E-state index contributed by atoms with van der Waals surface area (Å²) < 4.78 is 0. The summed E-state index contributed by atoms with van der Waals surface area (Å²) in [5, 5.41) is 6.68. The predicted molar refractivity (Wildman–Crippen MR) is 90.7 cm³/mol. The lowest BCUT2D eigenvalue weighted by molar-refractivity contribution is -0.118. The average molecular weight is 336 g/mol. The molecule has 23 heavy (non-hydrogen) atoms. The van der Waals surface area contributed by atoms with E-state index in [4.69, 9.17) is 11.6 Å². The van der Waals surface area contributed by atoms with Gasteiger partial charge in [-0.3, -0.25) is 9.59 Å². The molecule has 2 fully saturated rings. The van der Waals surface area contributed by atoms with Crippen LogP contribution in [0.15, 0.2) is 18.2 Å². The number of nitrogens with one attached hydrogen (secondary N) is 2. The largest absolute Gasteiger partial charge is 0.345 e. The number of benzene rings is 1. The minimum Gasteiger partial charge on any atom is -0.345 e. The molecule has 0 bridgehead atoms. The normalized spacial score (nSPS) is 21.8. The average Bonchev–Trinajstić information content (AvgIpc) is 3.22. The second-order valence-corrected chi connectivity index (χ2v) is 7.16. The molecule has 0 radical (unpaired) electrons. The van der Waals surface area contributed by atoms with Crippen LogP contribution in [0.3, 0.4) is 0 Å². The van der Waals surface area contributed by atoms with Gasteiger partial charge < -0.3 is 15.5 Å². The molecular formula is C17H22ClN3O2. The highest BCUT2D eigenvalue weighted by molar-refractivity contribution is 6.34. The molecule has 2 amide bonds. The SMILES string of the molecule is CN(C)C(=O)c1cc(NC(=O)C2CC23CCNCC3)ccc1Cl. The minimum absolute atomic E-state index is 0.0532. The summed E-state index contributed by atoms with van der Waals surface area (Å²) in [5.74, 6) is -0.0295. The summed E-state index contributed by atoms with van der Waals surface area (Å²) in [6, 6.07) is 5.05. The molecule has 1 atom stereocenters. The Bertz CT molecular complexity index is 639. The number of hydrogen-bond donors (Lipinski definition) is 2. The Morgan fingerprint density at radius 2 is 2.00 bits per heavy atom. The molecule has 1 aromatic rings. The highest BCUT2D eigenvalue weighted by Crippen LogP contribution is 2.58. The van der Waals surface area contributed by atoms with Gasteiger partial charge in [-0.1, -0.05) is 11.6 Å². The van der Waals surface area contributed by atoms with Crippen molar-refractivity contribution in [1.29, 1.82) is 0 Å². The van der Waals surface area contributed by atoms with E-state index in [9.17, 15) is 9.59 Å². The van der Waals surface area contributed by atoms with Crippen LogP contribution in [0.5, 0.6) is 0 Å². The molecule has 1 spiro atoms. The number of nitrogens with zero attached hydrogens (tertiary/aromatic N) is 1. The van der Waals surface area contributed by atoms with Gasteiger partial charge in [-0.15, -0.1) is 0 Å². The first-order valence-electron chi connectivity index (χ1n) is 7.96. The third-order valence-corrected chi connectivity index (χ3v) is 5.31. The number of carbonyl (C=O) groups is 2. The quantitative estimate of drug-likeness (QED) is 0.891. The van der Waals surface area contributed by atoms with E-state index in [1.807, 2.05) is 0 Å². The van der Waals surface area contributed by atoms with E-state index >= 15 is 0 Å². The molecule has 124 valence electrons. The fourth-order valence-corrected chi connectivity index (χ4v) is 3.63. The number of hydrogen-bond acceptors (Lipinski definition) is 3. The number of amides is 2. The Morgan fingerprint density at radius 1 is 1.30 bits per heavy atom. The molecule has 1 aliphatic heterocycles. The maximum Gasteiger partial charge on any atom is 0.254 e. The monoisotopic (exact) mass is 335 g/mol. The van der Waals surface area contributed by atoms with E-state index in [0.717, 1.165) is 32.4 Å². The van der Waals surface area contributed by atoms with Crippen molar-refractivity contribution in [3.63, 3.8) is 0 Å². The summed E-state index contributed by atoms with van der Waals surface area (Å²) in [7, 11) is 3.35. The molecule has 1 saturated heterocycles. The van der Waals surface area contributed by atoms with Crippen molar-refractivity contribution in [3.8, 4) is 0 Å². The highest BCUT2D eigenvalue weighted by Gasteiger charge is 2.57. The van der Waals surface area contributed by atoms with Gasteiger partial charge >= 0.3 is 0 Å². The van der Waals surface area contributed by atoms with Crippen LogP contribution in [-0.4, -0.2) is 43.9 Å². The summed E-state index contributed by atoms with van der Waals surface area (Å²) in [5.41, 5.74) is 1.23. The lowest BCUT2D eigenvalue weighted by Gasteiger charge is -2.23. The summed E-state index contributed by atoms with van der Waals surface area (Å²) >= 11 is 6.10. The standard InChI is InChI=1S/C17H22ClN3O2/c1-21(2)16(23)12-9-11(3-4-14(12)18)20-15(22)13-10-17(13)5-7-19-8-6-17/h3-4,9,13,19H,5-8,10H2,1-2H3,(H,20,22). The van der Waals surface area contributed by atoms with E-state index in [-0.39, 0.29) is 23.1 Å². The Morgan fingerprint density at radius 3 is 2.65 bits per heavy atom. The molecule has 6 heteroatoms. The first kappa shape index (κ1) is 16.3. The molecule has 1 saturated carbocycles. The van der Waals surface area contributed by atoms with E-state index in [1.165, 1.54) is 4.90 Å². The maximum absolute atomic E-state index is 12.5. The molecule has 1 aliphatic carbocycles. The molecule has 2 N–H and O–H groups in total. The van der Waals surface area contributed by atoms with Crippen molar-refractivity contribution >= 4 is 29.1 Å². The first-order chi connectivity index (χ1) is 10.9. The fraction of sp³-hybridized carbons (Fsp3) is 0.529. The minimum atomic E-state index is -0.174. The zero-order valence-corrected chi connectivity index (χ0v) is 14.2. The van der Waals surface area contributed by atoms with Gasteiger partial charge in [-0.25, -0.2) is 0 Å². The zero-order valence-electron chi connectivity index (χ0n) is 13.5. The van der Waals surface area contributed by atoms with Crippen LogP contribution in [0.1, 0.15) is 29.6 Å². The van der Waals surface area contributed by atoms with Gasteiger partial charge in [-0.2, -0.15) is 0 Å². The van der Waals surface area contributed by atoms with Gasteiger partial charge in [0.2, 0.25) is 5.91 Å². The van der Waals surface area contributed by atoms with Crippen LogP contribution in [0.4, 0.5) is 5.69 Å². The molecular weight excluding hydrogens is 314 g/mol. The lowest BCUT2D eigenvalue weighted by atomic mass is 9.92. The number of piperidine rings is 1. The van der Waals surface area contributed by atoms with Gasteiger partial charge in [0.1, 0.15) is 0 Å². The predicted octanol–water partition coefficient (Wildman–Crippen LogP) is 2.37. The third-order valence-electron chi connectivity index (χ3n) is 4.98. The second kappa shape index (κ2) is 6.13. The van der Waals surface area contributed by atoms with Crippen LogP contribution in [-0.2, 0) is 4.79 Å². The van der Waals surface area contributed by atoms with Crippen LogP contribution in [0.25, 0.3) is 0 Å². The maximum atomic E-state index is 12.5. The van der Waals surface area contributed by atoms with Crippen molar-refractivity contribution in [2.24, 2.45) is 11.3 Å². The van der Waals surface area contributed by atoms with Gasteiger partial charge in [0.15, 0.2) is 0 Å². The number of anilines is 1. The number of rotatable bonds is 3. The Hall–Kier alpha value is -1.59. The van der Waals surface area contributed by atoms with Gasteiger partial charge in [0, 0.05) is 25.7 Å². The molecule has 1 heterocycles. The molecule has 2 aliphatic rings. The topological polar surface area (TPSA) is 61.4 Å². The van der Waals surface area contributed by atoms with Crippen molar-refractivity contribution in [2.45, 2.75) is 19.3 Å². The molecule has 3 rings (SSSR count). The number of carbonyl (C=O) groups excluding carboxylic acids is 2. The van der Waals surface area contributed by atoms with Crippen molar-refractivity contribution in [2.75, 3.05) is 32.5 Å². The molecule has 5 nitrogen and oxygen atoms in total. The highest BCUT2D eigenvalue weighted by atomic mass is 35.5. The van der Waals surface area contributed by atoms with Gasteiger partial charge in [0.05, 0.1) is 10.6 Å². The third kappa shape index (κ3) is 3.21. The summed E-state index contributed by atoms with van der Waals surface area (Å²) in [6.07, 6.45) is 3.10. The molecule has 0 aromatic heterocycles. The second-order valence-electron chi connectivity index (χ2n) is 6.75. The van der Waals surface area contributed by atoms with Gasteiger partial charge in [-0.05, 0) is 56.0 Å². The fourth-order valence-electron chi connectivity index (χ4n) is 3.43. The van der Waals surface area contributed by atoms with Crippen molar-refractivity contribution < 1.29 is 9.59 Å². The first-order valence-corrected chi connectivity index (χ1v) is 8.33. The van der Waals surface area contributed by atoms with Crippen molar-refractivity contribution in [3.05, 3.63) is 28.8 Å². The van der Waals surface area contributed by atoms with Gasteiger partial charge in [0.25, 0.3) is 5.91 Å². The Labute approximate surface area is 141 Å². The summed E-state index contributed by atoms with van der Waals surface area (Å²) in [6.45, 7) is 1.98. The van der Waals surface area contributed by atoms with E-state index in [0.29, 0.717) is 16.3 Å².